The second-order valence-electron chi connectivity index (χ2n) is 4.38. The number of carbonyl (C=O) groups excluding carboxylic acids is 1. The lowest BCUT2D eigenvalue weighted by molar-refractivity contribution is 0.0956. The fourth-order valence-electron chi connectivity index (χ4n) is 1.78. The molecule has 3 N–H and O–H groups in total. The molecule has 0 radical (unpaired) electrons. The largest absolute Gasteiger partial charge is 0.352 e. The number of anilines is 2. The molecule has 21 heavy (non-hydrogen) atoms. The van der Waals surface area contributed by atoms with Gasteiger partial charge in [0.1, 0.15) is 0 Å². The Kier molecular flexibility index (Phi) is 5.29. The zero-order chi connectivity index (χ0) is 15.1. The molecule has 2 aromatic rings. The lowest BCUT2D eigenvalue weighted by Gasteiger charge is -2.11. The van der Waals surface area contributed by atoms with Crippen LogP contribution in [-0.2, 0) is 0 Å². The molecule has 0 saturated heterocycles. The summed E-state index contributed by atoms with van der Waals surface area (Å²) in [6, 6.07) is 16.9. The van der Waals surface area contributed by atoms with Gasteiger partial charge in [-0.3, -0.25) is 4.79 Å². The van der Waals surface area contributed by atoms with Gasteiger partial charge >= 0.3 is 0 Å². The smallest absolute Gasteiger partial charge is 0.251 e. The van der Waals surface area contributed by atoms with Gasteiger partial charge in [-0.05, 0) is 55.5 Å². The van der Waals surface area contributed by atoms with Crippen molar-refractivity contribution in [3.05, 3.63) is 60.2 Å². The van der Waals surface area contributed by atoms with Gasteiger partial charge in [-0.1, -0.05) is 18.2 Å². The van der Waals surface area contributed by atoms with Gasteiger partial charge in [0.25, 0.3) is 5.91 Å². The number of rotatable bonds is 4. The highest BCUT2D eigenvalue weighted by atomic mass is 32.1. The maximum absolute atomic E-state index is 11.6. The Morgan fingerprint density at radius 2 is 1.52 bits per heavy atom. The van der Waals surface area contributed by atoms with E-state index < -0.39 is 0 Å². The third-order valence-electron chi connectivity index (χ3n) is 2.77. The number of hydrogen-bond donors (Lipinski definition) is 3. The van der Waals surface area contributed by atoms with Gasteiger partial charge < -0.3 is 16.0 Å². The Labute approximate surface area is 129 Å². The third-order valence-corrected chi connectivity index (χ3v) is 2.98. The number of para-hydroxylation sites is 1. The van der Waals surface area contributed by atoms with Crippen LogP contribution in [0.2, 0.25) is 0 Å². The van der Waals surface area contributed by atoms with E-state index in [0.717, 1.165) is 11.4 Å². The molecule has 0 aliphatic carbocycles. The average Bonchev–Trinajstić information content (AvgIpc) is 2.49. The number of carbonyl (C=O) groups is 1. The molecule has 1 amide bonds. The van der Waals surface area contributed by atoms with Gasteiger partial charge in [0, 0.05) is 23.5 Å². The molecular formula is C16H17N3OS. The number of amides is 1. The minimum atomic E-state index is -0.0750. The highest BCUT2D eigenvalue weighted by molar-refractivity contribution is 7.80. The molecule has 2 rings (SSSR count). The molecule has 0 unspecified atom stereocenters. The van der Waals surface area contributed by atoms with Crippen LogP contribution in [0.1, 0.15) is 17.3 Å². The molecule has 0 fully saturated rings. The first-order valence-electron chi connectivity index (χ1n) is 6.70. The van der Waals surface area contributed by atoms with Crippen molar-refractivity contribution in [2.45, 2.75) is 6.92 Å². The zero-order valence-corrected chi connectivity index (χ0v) is 12.5. The maximum Gasteiger partial charge on any atom is 0.251 e. The van der Waals surface area contributed by atoms with E-state index in [0.29, 0.717) is 17.2 Å². The van der Waals surface area contributed by atoms with E-state index in [9.17, 15) is 4.79 Å². The minimum Gasteiger partial charge on any atom is -0.352 e. The van der Waals surface area contributed by atoms with Gasteiger partial charge in [-0.15, -0.1) is 0 Å². The van der Waals surface area contributed by atoms with Crippen LogP contribution in [-0.4, -0.2) is 17.6 Å². The summed E-state index contributed by atoms with van der Waals surface area (Å²) < 4.78 is 0. The summed E-state index contributed by atoms with van der Waals surface area (Å²) in [7, 11) is 0. The molecule has 0 aromatic heterocycles. The first-order valence-corrected chi connectivity index (χ1v) is 7.11. The van der Waals surface area contributed by atoms with Gasteiger partial charge in [-0.25, -0.2) is 0 Å². The van der Waals surface area contributed by atoms with Gasteiger partial charge in [0.05, 0.1) is 0 Å². The molecule has 0 aliphatic heterocycles. The molecule has 0 aliphatic rings. The first kappa shape index (κ1) is 15.0. The number of benzene rings is 2. The highest BCUT2D eigenvalue weighted by Crippen LogP contribution is 2.11. The van der Waals surface area contributed by atoms with Crippen LogP contribution in [0, 0.1) is 0 Å². The summed E-state index contributed by atoms with van der Waals surface area (Å²) in [6.07, 6.45) is 0. The average molecular weight is 299 g/mol. The van der Waals surface area contributed by atoms with Crippen LogP contribution in [0.15, 0.2) is 54.6 Å². The van der Waals surface area contributed by atoms with Crippen LogP contribution >= 0.6 is 12.2 Å². The molecule has 5 heteroatoms. The van der Waals surface area contributed by atoms with Gasteiger partial charge in [-0.2, -0.15) is 0 Å². The predicted molar refractivity (Wildman–Crippen MR) is 90.7 cm³/mol. The molecular weight excluding hydrogens is 282 g/mol. The van der Waals surface area contributed by atoms with E-state index in [-0.39, 0.29) is 5.91 Å². The van der Waals surface area contributed by atoms with Crippen molar-refractivity contribution < 1.29 is 4.79 Å². The molecule has 0 bridgehead atoms. The summed E-state index contributed by atoms with van der Waals surface area (Å²) in [4.78, 5) is 11.6. The Hall–Kier alpha value is -2.40. The molecule has 4 nitrogen and oxygen atoms in total. The number of hydrogen-bond acceptors (Lipinski definition) is 2. The fourth-order valence-corrected chi connectivity index (χ4v) is 2.02. The van der Waals surface area contributed by atoms with Crippen LogP contribution in [0.25, 0.3) is 0 Å². The van der Waals surface area contributed by atoms with E-state index in [4.69, 9.17) is 12.2 Å². The SMILES string of the molecule is CCNC(=O)c1ccc(NC(=S)Nc2ccccc2)cc1. The second kappa shape index (κ2) is 7.40. The second-order valence-corrected chi connectivity index (χ2v) is 4.79. The summed E-state index contributed by atoms with van der Waals surface area (Å²) in [6.45, 7) is 2.51. The minimum absolute atomic E-state index is 0.0750. The quantitative estimate of drug-likeness (QED) is 0.759. The Morgan fingerprint density at radius 3 is 2.10 bits per heavy atom. The topological polar surface area (TPSA) is 53.2 Å². The predicted octanol–water partition coefficient (Wildman–Crippen LogP) is 3.25. The van der Waals surface area contributed by atoms with E-state index in [1.807, 2.05) is 49.4 Å². The van der Waals surface area contributed by atoms with Gasteiger partial charge in [0.2, 0.25) is 0 Å². The Morgan fingerprint density at radius 1 is 0.952 bits per heavy atom. The van der Waals surface area contributed by atoms with Crippen molar-refractivity contribution in [2.24, 2.45) is 0 Å². The zero-order valence-electron chi connectivity index (χ0n) is 11.7. The Balaban J connectivity index is 1.94. The van der Waals surface area contributed by atoms with E-state index in [1.54, 1.807) is 12.1 Å². The number of nitrogens with one attached hydrogen (secondary N) is 3. The summed E-state index contributed by atoms with van der Waals surface area (Å²) >= 11 is 5.24. The monoisotopic (exact) mass is 299 g/mol. The lowest BCUT2D eigenvalue weighted by atomic mass is 10.2. The molecule has 0 saturated carbocycles. The van der Waals surface area contributed by atoms with Crippen LogP contribution < -0.4 is 16.0 Å². The molecule has 108 valence electrons. The molecule has 2 aromatic carbocycles. The molecule has 0 spiro atoms. The Bertz CT molecular complexity index is 611. The van der Waals surface area contributed by atoms with Crippen molar-refractivity contribution in [1.82, 2.24) is 5.32 Å². The summed E-state index contributed by atoms with van der Waals surface area (Å²) in [5.41, 5.74) is 2.38. The van der Waals surface area contributed by atoms with Crippen molar-refractivity contribution in [2.75, 3.05) is 17.2 Å². The van der Waals surface area contributed by atoms with Crippen LogP contribution in [0.3, 0.4) is 0 Å². The van der Waals surface area contributed by atoms with Gasteiger partial charge in [0.15, 0.2) is 5.11 Å². The van der Waals surface area contributed by atoms with Crippen molar-refractivity contribution in [3.63, 3.8) is 0 Å². The normalized spacial score (nSPS) is 9.76. The third kappa shape index (κ3) is 4.57. The maximum atomic E-state index is 11.6. The lowest BCUT2D eigenvalue weighted by Crippen LogP contribution is -2.22. The standard InChI is InChI=1S/C16H17N3OS/c1-2-17-15(20)12-8-10-14(11-9-12)19-16(21)18-13-6-4-3-5-7-13/h3-11H,2H2,1H3,(H,17,20)(H2,18,19,21). The van der Waals surface area contributed by atoms with Crippen molar-refractivity contribution >= 4 is 34.6 Å². The van der Waals surface area contributed by atoms with Crippen LogP contribution in [0.4, 0.5) is 11.4 Å². The van der Waals surface area contributed by atoms with E-state index in [2.05, 4.69) is 16.0 Å². The molecule has 0 heterocycles. The highest BCUT2D eigenvalue weighted by Gasteiger charge is 2.04. The molecule has 0 atom stereocenters. The fraction of sp³-hybridized carbons (Fsp3) is 0.125. The first-order chi connectivity index (χ1) is 10.2. The van der Waals surface area contributed by atoms with Crippen LogP contribution in [0.5, 0.6) is 0 Å². The summed E-state index contributed by atoms with van der Waals surface area (Å²) in [5, 5.41) is 9.43. The number of thiocarbonyl (C=S) groups is 1. The summed E-state index contributed by atoms with van der Waals surface area (Å²) in [5.74, 6) is -0.0750. The van der Waals surface area contributed by atoms with E-state index in [1.165, 1.54) is 0 Å². The van der Waals surface area contributed by atoms with Crippen molar-refractivity contribution in [3.8, 4) is 0 Å². The van der Waals surface area contributed by atoms with E-state index >= 15 is 0 Å². The van der Waals surface area contributed by atoms with Crippen molar-refractivity contribution in [1.29, 1.82) is 0 Å².